The zero-order valence-corrected chi connectivity index (χ0v) is 18.6. The number of hydrogen-bond acceptors (Lipinski definition) is 6. The van der Waals surface area contributed by atoms with Crippen molar-refractivity contribution in [2.75, 3.05) is 44.7 Å². The second-order valence-corrected chi connectivity index (χ2v) is 7.79. The van der Waals surface area contributed by atoms with Crippen molar-refractivity contribution in [1.29, 1.82) is 0 Å². The Morgan fingerprint density at radius 2 is 1.78 bits per heavy atom. The topological polar surface area (TPSA) is 80.3 Å². The Morgan fingerprint density at radius 3 is 2.53 bits per heavy atom. The van der Waals surface area contributed by atoms with Gasteiger partial charge in [0.2, 0.25) is 6.10 Å². The maximum absolute atomic E-state index is 12.9. The lowest BCUT2D eigenvalue weighted by Crippen LogP contribution is -2.55. The highest BCUT2D eigenvalue weighted by Gasteiger charge is 2.33. The Hall–Kier alpha value is -3.33. The summed E-state index contributed by atoms with van der Waals surface area (Å²) in [5.74, 6) is 0.793. The Bertz CT molecular complexity index is 1010. The number of thiocarbonyl (C=S) groups is 1. The van der Waals surface area contributed by atoms with Crippen LogP contribution < -0.4 is 14.8 Å². The van der Waals surface area contributed by atoms with Gasteiger partial charge in [0.25, 0.3) is 5.91 Å². The van der Waals surface area contributed by atoms with Gasteiger partial charge in [-0.05, 0) is 49.5 Å². The molecule has 2 heterocycles. The summed E-state index contributed by atoms with van der Waals surface area (Å²) in [5, 5.41) is 3.71. The van der Waals surface area contributed by atoms with E-state index < -0.39 is 6.10 Å². The molecule has 0 aromatic heterocycles. The number of nitrogens with zero attached hydrogens (tertiary/aromatic N) is 2. The van der Waals surface area contributed by atoms with Crippen LogP contribution in [-0.2, 0) is 9.53 Å². The Labute approximate surface area is 192 Å². The minimum atomic E-state index is -0.646. The maximum atomic E-state index is 12.9. The number of amides is 1. The van der Waals surface area contributed by atoms with Crippen molar-refractivity contribution in [1.82, 2.24) is 9.80 Å². The summed E-state index contributed by atoms with van der Waals surface area (Å²) in [5.41, 5.74) is 1.18. The van der Waals surface area contributed by atoms with Crippen LogP contribution in [0.5, 0.6) is 11.5 Å². The van der Waals surface area contributed by atoms with Crippen LogP contribution >= 0.6 is 12.2 Å². The molecule has 0 spiro atoms. The van der Waals surface area contributed by atoms with Crippen LogP contribution in [-0.4, -0.2) is 72.3 Å². The van der Waals surface area contributed by atoms with Gasteiger partial charge in [0.15, 0.2) is 16.6 Å². The van der Waals surface area contributed by atoms with Gasteiger partial charge in [0.05, 0.1) is 12.2 Å². The number of para-hydroxylation sites is 2. The lowest BCUT2D eigenvalue weighted by molar-refractivity contribution is -0.142. The molecule has 2 aromatic rings. The highest BCUT2D eigenvalue weighted by molar-refractivity contribution is 7.80. The first-order chi connectivity index (χ1) is 15.5. The Kier molecular flexibility index (Phi) is 6.75. The lowest BCUT2D eigenvalue weighted by Gasteiger charge is -2.38. The molecule has 2 aromatic carbocycles. The molecule has 2 aliphatic rings. The van der Waals surface area contributed by atoms with Crippen LogP contribution in [0, 0.1) is 0 Å². The predicted octanol–water partition coefficient (Wildman–Crippen LogP) is 2.54. The van der Waals surface area contributed by atoms with Gasteiger partial charge in [-0.3, -0.25) is 4.79 Å². The number of fused-ring (bicyclic) bond motifs is 1. The molecular formula is C23H25N3O5S. The van der Waals surface area contributed by atoms with Crippen LogP contribution in [0.25, 0.3) is 0 Å². The first-order valence-electron chi connectivity index (χ1n) is 10.6. The van der Waals surface area contributed by atoms with E-state index in [9.17, 15) is 9.59 Å². The van der Waals surface area contributed by atoms with Gasteiger partial charge in [0, 0.05) is 31.9 Å². The highest BCUT2D eigenvalue weighted by atomic mass is 32.1. The Morgan fingerprint density at radius 1 is 1.06 bits per heavy atom. The van der Waals surface area contributed by atoms with Gasteiger partial charge in [-0.2, -0.15) is 0 Å². The fourth-order valence-corrected chi connectivity index (χ4v) is 3.92. The monoisotopic (exact) mass is 455 g/mol. The quantitative estimate of drug-likeness (QED) is 0.557. The number of nitrogens with one attached hydrogen (secondary N) is 1. The van der Waals surface area contributed by atoms with Gasteiger partial charge >= 0.3 is 5.97 Å². The fourth-order valence-electron chi connectivity index (χ4n) is 3.62. The largest absolute Gasteiger partial charge is 0.485 e. The van der Waals surface area contributed by atoms with Crippen molar-refractivity contribution >= 4 is 34.9 Å². The third-order valence-corrected chi connectivity index (χ3v) is 5.65. The molecule has 8 nitrogen and oxygen atoms in total. The summed E-state index contributed by atoms with van der Waals surface area (Å²) in [6, 6.07) is 14.4. The number of carbonyl (C=O) groups excluding carboxylic acids is 2. The standard InChI is InChI=1S/C23H25N3O5S/c1-2-29-22(28)16-6-5-7-17(14-16)24-23(32)26-12-10-25(11-13-26)21(27)20-15-30-18-8-3-4-9-19(18)31-20/h3-9,14,20H,2,10-13,15H2,1H3,(H,24,32). The SMILES string of the molecule is CCOC(=O)c1cccc(NC(=S)N2CCN(C(=O)C3COc4ccccc4O3)CC2)c1. The second-order valence-electron chi connectivity index (χ2n) is 7.41. The van der Waals surface area contributed by atoms with Crippen LogP contribution in [0.15, 0.2) is 48.5 Å². The number of hydrogen-bond donors (Lipinski definition) is 1. The molecule has 9 heteroatoms. The molecule has 1 fully saturated rings. The average Bonchev–Trinajstić information content (AvgIpc) is 2.83. The number of esters is 1. The predicted molar refractivity (Wildman–Crippen MR) is 123 cm³/mol. The van der Waals surface area contributed by atoms with E-state index in [0.717, 1.165) is 0 Å². The molecule has 2 aliphatic heterocycles. The summed E-state index contributed by atoms with van der Waals surface area (Å²) in [6.45, 7) is 4.55. The third-order valence-electron chi connectivity index (χ3n) is 5.29. The molecule has 0 radical (unpaired) electrons. The fraction of sp³-hybridized carbons (Fsp3) is 0.348. The molecule has 0 saturated carbocycles. The van der Waals surface area contributed by atoms with E-state index in [1.54, 1.807) is 36.1 Å². The van der Waals surface area contributed by atoms with Crippen molar-refractivity contribution in [2.24, 2.45) is 0 Å². The van der Waals surface area contributed by atoms with Crippen molar-refractivity contribution < 1.29 is 23.8 Å². The highest BCUT2D eigenvalue weighted by Crippen LogP contribution is 2.31. The van der Waals surface area contributed by atoms with Gasteiger partial charge in [-0.25, -0.2) is 4.79 Å². The number of rotatable bonds is 4. The summed E-state index contributed by atoms with van der Waals surface area (Å²) in [4.78, 5) is 28.6. The van der Waals surface area contributed by atoms with E-state index in [-0.39, 0.29) is 18.5 Å². The van der Waals surface area contributed by atoms with Crippen molar-refractivity contribution in [3.05, 3.63) is 54.1 Å². The van der Waals surface area contributed by atoms with E-state index >= 15 is 0 Å². The first-order valence-corrected chi connectivity index (χ1v) is 11.0. The zero-order valence-electron chi connectivity index (χ0n) is 17.8. The molecule has 1 atom stereocenters. The molecule has 32 heavy (non-hydrogen) atoms. The number of piperazine rings is 1. The van der Waals surface area contributed by atoms with Gasteiger partial charge in [0.1, 0.15) is 6.61 Å². The van der Waals surface area contributed by atoms with E-state index in [1.807, 2.05) is 29.2 Å². The average molecular weight is 456 g/mol. The zero-order chi connectivity index (χ0) is 22.5. The minimum absolute atomic E-state index is 0.0832. The maximum Gasteiger partial charge on any atom is 0.338 e. The molecule has 0 bridgehead atoms. The van der Waals surface area contributed by atoms with Gasteiger partial charge in [-0.15, -0.1) is 0 Å². The molecule has 0 aliphatic carbocycles. The van der Waals surface area contributed by atoms with Crippen LogP contribution in [0.3, 0.4) is 0 Å². The van der Waals surface area contributed by atoms with E-state index in [2.05, 4.69) is 5.32 Å². The molecule has 1 unspecified atom stereocenters. The van der Waals surface area contributed by atoms with E-state index in [0.29, 0.717) is 60.6 Å². The lowest BCUT2D eigenvalue weighted by atomic mass is 10.2. The number of carbonyl (C=O) groups is 2. The van der Waals surface area contributed by atoms with Crippen molar-refractivity contribution in [3.8, 4) is 11.5 Å². The van der Waals surface area contributed by atoms with Crippen LogP contribution in [0.1, 0.15) is 17.3 Å². The van der Waals surface area contributed by atoms with Crippen molar-refractivity contribution in [2.45, 2.75) is 13.0 Å². The normalized spacial score (nSPS) is 17.5. The molecule has 1 N–H and O–H groups in total. The van der Waals surface area contributed by atoms with E-state index in [4.69, 9.17) is 26.4 Å². The minimum Gasteiger partial charge on any atom is -0.485 e. The van der Waals surface area contributed by atoms with Gasteiger partial charge in [-0.1, -0.05) is 18.2 Å². The molecule has 4 rings (SSSR count). The number of benzene rings is 2. The van der Waals surface area contributed by atoms with Crippen LogP contribution in [0.4, 0.5) is 5.69 Å². The molecule has 168 valence electrons. The van der Waals surface area contributed by atoms with Crippen molar-refractivity contribution in [3.63, 3.8) is 0 Å². The summed E-state index contributed by atoms with van der Waals surface area (Å²) < 4.78 is 16.6. The third kappa shape index (κ3) is 4.94. The summed E-state index contributed by atoms with van der Waals surface area (Å²) >= 11 is 5.54. The van der Waals surface area contributed by atoms with Gasteiger partial charge < -0.3 is 29.3 Å². The summed E-state index contributed by atoms with van der Waals surface area (Å²) in [7, 11) is 0. The number of anilines is 1. The van der Waals surface area contributed by atoms with E-state index in [1.165, 1.54) is 0 Å². The summed E-state index contributed by atoms with van der Waals surface area (Å²) in [6.07, 6.45) is -0.646. The molecule has 1 amide bonds. The first kappa shape index (κ1) is 21.9. The second kappa shape index (κ2) is 9.86. The molecule has 1 saturated heterocycles. The molecular weight excluding hydrogens is 430 g/mol. The smallest absolute Gasteiger partial charge is 0.338 e. The van der Waals surface area contributed by atoms with Crippen LogP contribution in [0.2, 0.25) is 0 Å². The Balaban J connectivity index is 1.29. The number of ether oxygens (including phenoxy) is 3.